The first-order valence-corrected chi connectivity index (χ1v) is 12.9. The molecule has 0 aromatic carbocycles. The second kappa shape index (κ2) is 16.7. The van der Waals surface area contributed by atoms with Crippen LogP contribution in [-0.4, -0.2) is 71.5 Å². The van der Waals surface area contributed by atoms with Crippen LogP contribution in [0.1, 0.15) is 59.8 Å². The lowest BCUT2D eigenvalue weighted by atomic mass is 10.0. The quantitative estimate of drug-likeness (QED) is 0.159. The van der Waals surface area contributed by atoms with Gasteiger partial charge in [-0.2, -0.15) is 11.8 Å². The number of thioether (sulfide) groups is 1. The number of carbonyl (C=O) groups excluding carboxylic acids is 3. The third-order valence-corrected chi connectivity index (χ3v) is 5.81. The maximum Gasteiger partial charge on any atom is 0.326 e. The van der Waals surface area contributed by atoms with Gasteiger partial charge in [0.2, 0.25) is 17.7 Å². The molecule has 3 amide bonds. The van der Waals surface area contributed by atoms with Gasteiger partial charge in [0.05, 0.1) is 6.04 Å². The van der Waals surface area contributed by atoms with Crippen molar-refractivity contribution in [2.75, 3.05) is 18.6 Å². The number of carboxylic acids is 1. The van der Waals surface area contributed by atoms with Crippen molar-refractivity contribution in [3.8, 4) is 0 Å². The van der Waals surface area contributed by atoms with E-state index in [1.807, 2.05) is 34.0 Å². The Balaban J connectivity index is 5.47. The predicted octanol–water partition coefficient (Wildman–Crippen LogP) is 0.437. The highest BCUT2D eigenvalue weighted by Gasteiger charge is 2.30. The van der Waals surface area contributed by atoms with Crippen LogP contribution in [-0.2, 0) is 19.2 Å². The summed E-state index contributed by atoms with van der Waals surface area (Å²) in [5.74, 6) is -2.05. The molecule has 0 aromatic rings. The second-order valence-electron chi connectivity index (χ2n) is 8.99. The number of aliphatic carboxylic acids is 1. The summed E-state index contributed by atoms with van der Waals surface area (Å²) in [6, 6.07) is -3.61. The Morgan fingerprint density at radius 1 is 0.848 bits per heavy atom. The molecule has 0 fully saturated rings. The molecular formula is C22H43N5O5S. The molecule has 4 unspecified atom stereocenters. The van der Waals surface area contributed by atoms with Gasteiger partial charge in [-0.25, -0.2) is 4.79 Å². The van der Waals surface area contributed by atoms with E-state index in [1.54, 1.807) is 0 Å². The number of rotatable bonds is 17. The van der Waals surface area contributed by atoms with E-state index in [0.29, 0.717) is 38.0 Å². The fourth-order valence-corrected chi connectivity index (χ4v) is 3.55. The molecule has 11 heteroatoms. The molecule has 0 aliphatic heterocycles. The monoisotopic (exact) mass is 489 g/mol. The Morgan fingerprint density at radius 3 is 1.82 bits per heavy atom. The summed E-state index contributed by atoms with van der Waals surface area (Å²) >= 11 is 1.53. The number of carboxylic acid groups (broad SMARTS) is 1. The average Bonchev–Trinajstić information content (AvgIpc) is 2.73. The van der Waals surface area contributed by atoms with E-state index in [1.165, 1.54) is 11.8 Å². The van der Waals surface area contributed by atoms with Gasteiger partial charge in [0.25, 0.3) is 0 Å². The molecule has 192 valence electrons. The number of unbranched alkanes of at least 4 members (excludes halogenated alkanes) is 1. The van der Waals surface area contributed by atoms with Crippen LogP contribution in [0, 0.1) is 11.8 Å². The maximum atomic E-state index is 13.0. The Labute approximate surface area is 201 Å². The molecule has 0 aliphatic rings. The highest BCUT2D eigenvalue weighted by Crippen LogP contribution is 2.09. The first-order valence-electron chi connectivity index (χ1n) is 11.5. The molecule has 0 bridgehead atoms. The normalized spacial score (nSPS) is 14.9. The lowest BCUT2D eigenvalue weighted by molar-refractivity contribution is -0.142. The molecule has 0 aromatic heterocycles. The summed E-state index contributed by atoms with van der Waals surface area (Å²) in [5, 5.41) is 17.4. The van der Waals surface area contributed by atoms with E-state index in [2.05, 4.69) is 16.0 Å². The van der Waals surface area contributed by atoms with E-state index in [9.17, 15) is 24.3 Å². The van der Waals surface area contributed by atoms with Gasteiger partial charge in [0.15, 0.2) is 0 Å². The molecule has 0 aliphatic carbocycles. The third kappa shape index (κ3) is 12.8. The number of hydrogen-bond donors (Lipinski definition) is 6. The van der Waals surface area contributed by atoms with Crippen molar-refractivity contribution in [1.29, 1.82) is 0 Å². The van der Waals surface area contributed by atoms with Crippen molar-refractivity contribution in [2.45, 2.75) is 84.0 Å². The van der Waals surface area contributed by atoms with E-state index < -0.39 is 47.9 Å². The maximum absolute atomic E-state index is 13.0. The molecule has 0 heterocycles. The zero-order chi connectivity index (χ0) is 25.6. The molecule has 33 heavy (non-hydrogen) atoms. The predicted molar refractivity (Wildman–Crippen MR) is 132 cm³/mol. The number of nitrogens with one attached hydrogen (secondary N) is 3. The summed E-state index contributed by atoms with van der Waals surface area (Å²) in [7, 11) is 0. The number of carbonyl (C=O) groups is 4. The zero-order valence-electron chi connectivity index (χ0n) is 20.6. The Hall–Kier alpha value is -1.85. The first-order chi connectivity index (χ1) is 15.4. The van der Waals surface area contributed by atoms with Gasteiger partial charge in [-0.1, -0.05) is 27.7 Å². The topological polar surface area (TPSA) is 177 Å². The molecule has 4 atom stereocenters. The van der Waals surface area contributed by atoms with Crippen molar-refractivity contribution in [3.05, 3.63) is 0 Å². The van der Waals surface area contributed by atoms with Crippen LogP contribution in [0.15, 0.2) is 0 Å². The molecule has 0 rings (SSSR count). The Kier molecular flexibility index (Phi) is 15.8. The van der Waals surface area contributed by atoms with E-state index >= 15 is 0 Å². The molecule has 8 N–H and O–H groups in total. The van der Waals surface area contributed by atoms with Crippen LogP contribution >= 0.6 is 11.8 Å². The standard InChI is InChI=1S/C22H43N5O5S/c1-13(2)12-17(22(31)32)27-19(28)15(8-6-7-10-23)25-20(29)16(9-11-33-5)26-21(30)18(24)14(3)4/h13-18H,6-12,23-24H2,1-5H3,(H,25,29)(H,26,30)(H,27,28)(H,31,32). The Morgan fingerprint density at radius 2 is 1.36 bits per heavy atom. The zero-order valence-corrected chi connectivity index (χ0v) is 21.4. The van der Waals surface area contributed by atoms with Crippen LogP contribution < -0.4 is 27.4 Å². The van der Waals surface area contributed by atoms with Gasteiger partial charge in [-0.15, -0.1) is 0 Å². The summed E-state index contributed by atoms with van der Waals surface area (Å²) in [6.07, 6.45) is 4.06. The van der Waals surface area contributed by atoms with Crippen LogP contribution in [0.2, 0.25) is 0 Å². The number of hydrogen-bond acceptors (Lipinski definition) is 7. The van der Waals surface area contributed by atoms with Crippen molar-refractivity contribution >= 4 is 35.5 Å². The molecule has 0 radical (unpaired) electrons. The number of amides is 3. The van der Waals surface area contributed by atoms with Crippen LogP contribution in [0.5, 0.6) is 0 Å². The largest absolute Gasteiger partial charge is 0.480 e. The molecule has 10 nitrogen and oxygen atoms in total. The summed E-state index contributed by atoms with van der Waals surface area (Å²) < 4.78 is 0. The van der Waals surface area contributed by atoms with Crippen molar-refractivity contribution in [2.24, 2.45) is 23.3 Å². The lowest BCUT2D eigenvalue weighted by Crippen LogP contribution is -2.57. The van der Waals surface area contributed by atoms with Crippen molar-refractivity contribution in [3.63, 3.8) is 0 Å². The Bertz CT molecular complexity index is 632. The fourth-order valence-electron chi connectivity index (χ4n) is 3.07. The van der Waals surface area contributed by atoms with Gasteiger partial charge in [-0.05, 0) is 62.5 Å². The van der Waals surface area contributed by atoms with Crippen LogP contribution in [0.3, 0.4) is 0 Å². The van der Waals surface area contributed by atoms with E-state index in [4.69, 9.17) is 11.5 Å². The molecule has 0 saturated heterocycles. The third-order valence-electron chi connectivity index (χ3n) is 5.17. The van der Waals surface area contributed by atoms with Gasteiger partial charge in [-0.3, -0.25) is 14.4 Å². The second-order valence-corrected chi connectivity index (χ2v) is 9.97. The minimum Gasteiger partial charge on any atom is -0.480 e. The van der Waals surface area contributed by atoms with Crippen LogP contribution in [0.4, 0.5) is 0 Å². The minimum absolute atomic E-state index is 0.0629. The van der Waals surface area contributed by atoms with Crippen LogP contribution in [0.25, 0.3) is 0 Å². The molecule has 0 spiro atoms. The van der Waals surface area contributed by atoms with Crippen molar-refractivity contribution in [1.82, 2.24) is 16.0 Å². The lowest BCUT2D eigenvalue weighted by Gasteiger charge is -2.26. The van der Waals surface area contributed by atoms with E-state index in [0.717, 1.165) is 0 Å². The van der Waals surface area contributed by atoms with Gasteiger partial charge >= 0.3 is 5.97 Å². The molecule has 0 saturated carbocycles. The van der Waals surface area contributed by atoms with Crippen molar-refractivity contribution < 1.29 is 24.3 Å². The SMILES string of the molecule is CSCCC(NC(=O)C(N)C(C)C)C(=O)NC(CCCCN)C(=O)NC(CC(C)C)C(=O)O. The number of nitrogens with two attached hydrogens (primary N) is 2. The highest BCUT2D eigenvalue weighted by atomic mass is 32.2. The summed E-state index contributed by atoms with van der Waals surface area (Å²) in [4.78, 5) is 49.9. The van der Waals surface area contributed by atoms with Gasteiger partial charge in [0, 0.05) is 0 Å². The first kappa shape index (κ1) is 31.1. The fraction of sp³-hybridized carbons (Fsp3) is 0.818. The smallest absolute Gasteiger partial charge is 0.326 e. The highest BCUT2D eigenvalue weighted by molar-refractivity contribution is 7.98. The average molecular weight is 490 g/mol. The summed E-state index contributed by atoms with van der Waals surface area (Å²) in [6.45, 7) is 7.80. The molecular weight excluding hydrogens is 446 g/mol. The minimum atomic E-state index is -1.13. The van der Waals surface area contributed by atoms with Gasteiger partial charge < -0.3 is 32.5 Å². The van der Waals surface area contributed by atoms with E-state index in [-0.39, 0.29) is 18.3 Å². The summed E-state index contributed by atoms with van der Waals surface area (Å²) in [5.41, 5.74) is 11.5. The van der Waals surface area contributed by atoms with Gasteiger partial charge in [0.1, 0.15) is 18.1 Å².